The van der Waals surface area contributed by atoms with Crippen LogP contribution < -0.4 is 5.32 Å². The number of hydrogen-bond donors (Lipinski definition) is 1. The molecule has 5 nitrogen and oxygen atoms in total. The minimum Gasteiger partial charge on any atom is -0.346 e. The zero-order valence-electron chi connectivity index (χ0n) is 15.0. The average molecular weight is 401 g/mol. The van der Waals surface area contributed by atoms with Gasteiger partial charge in [-0.05, 0) is 26.0 Å². The lowest BCUT2D eigenvalue weighted by molar-refractivity contribution is 0.0947. The van der Waals surface area contributed by atoms with Gasteiger partial charge in [0.2, 0.25) is 0 Å². The quantitative estimate of drug-likeness (QED) is 0.680. The van der Waals surface area contributed by atoms with Gasteiger partial charge in [0.25, 0.3) is 5.91 Å². The van der Waals surface area contributed by atoms with E-state index < -0.39 is 21.0 Å². The zero-order valence-corrected chi connectivity index (χ0v) is 16.7. The summed E-state index contributed by atoms with van der Waals surface area (Å²) >= 11 is 1.50. The Balaban J connectivity index is 1.75. The Kier molecular flexibility index (Phi) is 5.72. The van der Waals surface area contributed by atoms with Crippen LogP contribution in [-0.4, -0.2) is 24.6 Å². The van der Waals surface area contributed by atoms with Gasteiger partial charge in [-0.3, -0.25) is 4.79 Å². The first-order chi connectivity index (χ1) is 12.9. The summed E-state index contributed by atoms with van der Waals surface area (Å²) in [6, 6.07) is 16.1. The summed E-state index contributed by atoms with van der Waals surface area (Å²) in [5, 5.41) is 4.94. The molecule has 0 aliphatic heterocycles. The van der Waals surface area contributed by atoms with Crippen LogP contribution in [0.15, 0.2) is 64.9 Å². The largest absolute Gasteiger partial charge is 0.346 e. The van der Waals surface area contributed by atoms with Gasteiger partial charge in [-0.1, -0.05) is 42.5 Å². The van der Waals surface area contributed by atoms with Crippen molar-refractivity contribution >= 4 is 27.1 Å². The van der Waals surface area contributed by atoms with Gasteiger partial charge in [0.1, 0.15) is 5.01 Å². The summed E-state index contributed by atoms with van der Waals surface area (Å²) < 4.78 is 25.0. The Hall–Kier alpha value is -2.51. The van der Waals surface area contributed by atoms with Gasteiger partial charge in [0, 0.05) is 10.9 Å². The Morgan fingerprint density at radius 1 is 1.07 bits per heavy atom. The molecule has 7 heteroatoms. The normalized spacial score (nSPS) is 11.5. The summed E-state index contributed by atoms with van der Waals surface area (Å²) in [5.41, 5.74) is 1.91. The lowest BCUT2D eigenvalue weighted by Crippen LogP contribution is -2.26. The number of thiazole rings is 1. The maximum Gasteiger partial charge on any atom is 0.252 e. The van der Waals surface area contributed by atoms with Crippen LogP contribution in [0.25, 0.3) is 10.6 Å². The number of carbonyl (C=O) groups is 1. The Labute approximate surface area is 163 Å². The van der Waals surface area contributed by atoms with Crippen LogP contribution >= 0.6 is 11.3 Å². The van der Waals surface area contributed by atoms with E-state index in [1.165, 1.54) is 23.5 Å². The van der Waals surface area contributed by atoms with Crippen LogP contribution in [0.1, 0.15) is 29.9 Å². The van der Waals surface area contributed by atoms with Gasteiger partial charge in [-0.25, -0.2) is 13.4 Å². The second kappa shape index (κ2) is 8.02. The number of rotatable bonds is 6. The Morgan fingerprint density at radius 3 is 2.44 bits per heavy atom. The Morgan fingerprint density at radius 2 is 1.74 bits per heavy atom. The third-order valence-corrected chi connectivity index (χ3v) is 7.21. The van der Waals surface area contributed by atoms with E-state index in [1.54, 1.807) is 26.0 Å². The topological polar surface area (TPSA) is 76.1 Å². The maximum absolute atomic E-state index is 12.6. The van der Waals surface area contributed by atoms with Crippen molar-refractivity contribution in [2.24, 2.45) is 0 Å². The second-order valence-electron chi connectivity index (χ2n) is 6.28. The van der Waals surface area contributed by atoms with E-state index in [0.717, 1.165) is 16.3 Å². The summed E-state index contributed by atoms with van der Waals surface area (Å²) in [6.45, 7) is 3.44. The number of benzene rings is 2. The van der Waals surface area contributed by atoms with Gasteiger partial charge >= 0.3 is 0 Å². The molecule has 2 aromatic carbocycles. The molecule has 0 unspecified atom stereocenters. The molecule has 0 bridgehead atoms. The second-order valence-corrected chi connectivity index (χ2v) is 9.61. The highest BCUT2D eigenvalue weighted by molar-refractivity contribution is 7.92. The van der Waals surface area contributed by atoms with Crippen LogP contribution in [0.2, 0.25) is 0 Å². The maximum atomic E-state index is 12.6. The third kappa shape index (κ3) is 4.26. The number of aromatic nitrogens is 1. The highest BCUT2D eigenvalue weighted by Crippen LogP contribution is 2.24. The van der Waals surface area contributed by atoms with Gasteiger partial charge in [0.05, 0.1) is 27.9 Å². The SMILES string of the molecule is CC(C)S(=O)(=O)c1ccccc1C(=O)NCc1csc(-c2ccccc2)n1. The predicted molar refractivity (Wildman–Crippen MR) is 107 cm³/mol. The molecule has 3 rings (SSSR count). The minimum absolute atomic E-state index is 0.0563. The number of nitrogens with zero attached hydrogens (tertiary/aromatic N) is 1. The van der Waals surface area contributed by atoms with E-state index in [2.05, 4.69) is 10.3 Å². The molecule has 0 saturated heterocycles. The van der Waals surface area contributed by atoms with E-state index in [-0.39, 0.29) is 17.0 Å². The monoisotopic (exact) mass is 400 g/mol. The predicted octanol–water partition coefficient (Wildman–Crippen LogP) is 3.92. The molecule has 1 N–H and O–H groups in total. The first-order valence-corrected chi connectivity index (χ1v) is 10.9. The molecule has 0 atom stereocenters. The molecular weight excluding hydrogens is 380 g/mol. The molecule has 0 radical (unpaired) electrons. The molecular formula is C20H20N2O3S2. The van der Waals surface area contributed by atoms with Crippen LogP contribution in [0.3, 0.4) is 0 Å². The number of nitrogens with one attached hydrogen (secondary N) is 1. The van der Waals surface area contributed by atoms with Gasteiger partial charge in [-0.15, -0.1) is 11.3 Å². The standard InChI is InChI=1S/C20H20N2O3S2/c1-14(2)27(24,25)18-11-7-6-10-17(18)19(23)21-12-16-13-26-20(22-16)15-8-4-3-5-9-15/h3-11,13-14H,12H2,1-2H3,(H,21,23). The highest BCUT2D eigenvalue weighted by Gasteiger charge is 2.25. The van der Waals surface area contributed by atoms with Crippen molar-refractivity contribution in [1.82, 2.24) is 10.3 Å². The third-order valence-electron chi connectivity index (χ3n) is 4.06. The molecule has 1 aromatic heterocycles. The number of sulfone groups is 1. The lowest BCUT2D eigenvalue weighted by Gasteiger charge is -2.12. The molecule has 1 heterocycles. The fourth-order valence-corrected chi connectivity index (χ4v) is 4.59. The fourth-order valence-electron chi connectivity index (χ4n) is 2.52. The number of carbonyl (C=O) groups excluding carboxylic acids is 1. The van der Waals surface area contributed by atoms with Crippen molar-refractivity contribution in [3.63, 3.8) is 0 Å². The smallest absolute Gasteiger partial charge is 0.252 e. The van der Waals surface area contributed by atoms with Gasteiger partial charge < -0.3 is 5.32 Å². The van der Waals surface area contributed by atoms with Gasteiger partial charge in [0.15, 0.2) is 9.84 Å². The molecule has 140 valence electrons. The van der Waals surface area contributed by atoms with Crippen LogP contribution in [0, 0.1) is 0 Å². The molecule has 0 aliphatic rings. The summed E-state index contributed by atoms with van der Waals surface area (Å²) in [4.78, 5) is 17.2. The van der Waals surface area contributed by atoms with Crippen LogP contribution in [0.4, 0.5) is 0 Å². The van der Waals surface area contributed by atoms with E-state index in [9.17, 15) is 13.2 Å². The first-order valence-electron chi connectivity index (χ1n) is 8.50. The molecule has 0 saturated carbocycles. The lowest BCUT2D eigenvalue weighted by atomic mass is 10.2. The average Bonchev–Trinajstić information content (AvgIpc) is 3.16. The molecule has 0 fully saturated rings. The van der Waals surface area contributed by atoms with E-state index in [4.69, 9.17) is 0 Å². The minimum atomic E-state index is -3.54. The molecule has 1 amide bonds. The van der Waals surface area contributed by atoms with Gasteiger partial charge in [-0.2, -0.15) is 0 Å². The van der Waals surface area contributed by atoms with Crippen LogP contribution in [0.5, 0.6) is 0 Å². The van der Waals surface area contributed by atoms with E-state index in [0.29, 0.717) is 0 Å². The molecule has 0 aliphatic carbocycles. The summed E-state index contributed by atoms with van der Waals surface area (Å²) in [6.07, 6.45) is 0. The van der Waals surface area contributed by atoms with Crippen LogP contribution in [-0.2, 0) is 16.4 Å². The molecule has 3 aromatic rings. The fraction of sp³-hybridized carbons (Fsp3) is 0.200. The van der Waals surface area contributed by atoms with E-state index in [1.807, 2.05) is 35.7 Å². The van der Waals surface area contributed by atoms with Crippen molar-refractivity contribution in [2.45, 2.75) is 30.5 Å². The van der Waals surface area contributed by atoms with Crippen molar-refractivity contribution in [2.75, 3.05) is 0 Å². The summed E-state index contributed by atoms with van der Waals surface area (Å²) in [5.74, 6) is -0.427. The first kappa shape index (κ1) is 19.3. The van der Waals surface area contributed by atoms with E-state index >= 15 is 0 Å². The molecule has 27 heavy (non-hydrogen) atoms. The van der Waals surface area contributed by atoms with Crippen molar-refractivity contribution in [3.8, 4) is 10.6 Å². The summed E-state index contributed by atoms with van der Waals surface area (Å²) in [7, 11) is -3.54. The highest BCUT2D eigenvalue weighted by atomic mass is 32.2. The number of amides is 1. The van der Waals surface area contributed by atoms with Crippen molar-refractivity contribution < 1.29 is 13.2 Å². The Bertz CT molecular complexity index is 1040. The van der Waals surface area contributed by atoms with Crippen molar-refractivity contribution in [3.05, 3.63) is 71.2 Å². The molecule has 0 spiro atoms. The van der Waals surface area contributed by atoms with Crippen molar-refractivity contribution in [1.29, 1.82) is 0 Å². The number of hydrogen-bond acceptors (Lipinski definition) is 5. The zero-order chi connectivity index (χ0) is 19.4.